The molecule has 0 aliphatic carbocycles. The van der Waals surface area contributed by atoms with E-state index in [0.717, 1.165) is 9.87 Å². The molecule has 0 aromatic heterocycles. The van der Waals surface area contributed by atoms with Gasteiger partial charge in [-0.3, -0.25) is 13.9 Å². The van der Waals surface area contributed by atoms with Crippen LogP contribution in [0.1, 0.15) is 37.8 Å². The summed E-state index contributed by atoms with van der Waals surface area (Å²) in [7, 11) is -4.00. The SMILES string of the molecule is CC(=O)Oc1ccc(/C=N/NC(=O)CN(c2ccc(C(C)C)cc2)S(=O)(=O)c2ccccc2)cc1. The van der Waals surface area contributed by atoms with E-state index in [4.69, 9.17) is 4.74 Å². The highest BCUT2D eigenvalue weighted by molar-refractivity contribution is 7.92. The van der Waals surface area contributed by atoms with Crippen molar-refractivity contribution in [1.29, 1.82) is 0 Å². The zero-order valence-electron chi connectivity index (χ0n) is 19.7. The summed E-state index contributed by atoms with van der Waals surface area (Å²) >= 11 is 0. The Balaban J connectivity index is 1.77. The number of esters is 1. The van der Waals surface area contributed by atoms with Crippen LogP contribution in [0.5, 0.6) is 5.75 Å². The van der Waals surface area contributed by atoms with Gasteiger partial charge >= 0.3 is 5.97 Å². The second-order valence-electron chi connectivity index (χ2n) is 8.03. The second-order valence-corrected chi connectivity index (χ2v) is 9.89. The quantitative estimate of drug-likeness (QED) is 0.209. The molecule has 182 valence electrons. The molecule has 9 heteroatoms. The molecule has 3 aromatic rings. The van der Waals surface area contributed by atoms with Gasteiger partial charge in [0.05, 0.1) is 16.8 Å². The Labute approximate surface area is 205 Å². The normalized spacial score (nSPS) is 11.4. The van der Waals surface area contributed by atoms with Gasteiger partial charge in [0.25, 0.3) is 15.9 Å². The predicted molar refractivity (Wildman–Crippen MR) is 135 cm³/mol. The Kier molecular flexibility index (Phi) is 8.38. The summed E-state index contributed by atoms with van der Waals surface area (Å²) in [5.74, 6) is -0.356. The number of nitrogens with one attached hydrogen (secondary N) is 1. The van der Waals surface area contributed by atoms with Gasteiger partial charge in [0.1, 0.15) is 12.3 Å². The molecule has 0 unspecified atom stereocenters. The van der Waals surface area contributed by atoms with Crippen molar-refractivity contribution in [2.24, 2.45) is 5.10 Å². The Morgan fingerprint density at radius 3 is 2.17 bits per heavy atom. The van der Waals surface area contributed by atoms with E-state index in [1.807, 2.05) is 26.0 Å². The zero-order chi connectivity index (χ0) is 25.4. The molecule has 0 radical (unpaired) electrons. The van der Waals surface area contributed by atoms with Gasteiger partial charge in [0.15, 0.2) is 0 Å². The van der Waals surface area contributed by atoms with Crippen LogP contribution in [0.25, 0.3) is 0 Å². The maximum atomic E-state index is 13.4. The molecule has 35 heavy (non-hydrogen) atoms. The van der Waals surface area contributed by atoms with Crippen LogP contribution in [0.2, 0.25) is 0 Å². The molecule has 0 heterocycles. The number of nitrogens with zero attached hydrogens (tertiary/aromatic N) is 2. The molecule has 3 rings (SSSR count). The van der Waals surface area contributed by atoms with Crippen LogP contribution in [-0.4, -0.2) is 33.1 Å². The average Bonchev–Trinajstić information content (AvgIpc) is 2.84. The fraction of sp³-hybridized carbons (Fsp3) is 0.192. The maximum absolute atomic E-state index is 13.4. The lowest BCUT2D eigenvalue weighted by Crippen LogP contribution is -2.39. The molecule has 3 aromatic carbocycles. The van der Waals surface area contributed by atoms with Crippen LogP contribution >= 0.6 is 0 Å². The molecular formula is C26H27N3O5S. The molecule has 0 aliphatic heterocycles. The summed E-state index contributed by atoms with van der Waals surface area (Å²) in [5.41, 5.74) is 4.45. The van der Waals surface area contributed by atoms with Crippen LogP contribution in [0.15, 0.2) is 88.9 Å². The second kappa shape index (κ2) is 11.4. The van der Waals surface area contributed by atoms with Gasteiger partial charge in [-0.2, -0.15) is 5.10 Å². The number of amides is 1. The number of carbonyl (C=O) groups excluding carboxylic acids is 2. The van der Waals surface area contributed by atoms with Gasteiger partial charge in [-0.05, 0) is 65.6 Å². The third kappa shape index (κ3) is 7.00. The largest absolute Gasteiger partial charge is 0.427 e. The standard InChI is InChI=1S/C26H27N3O5S/c1-19(2)22-11-13-23(14-12-22)29(35(32,33)25-7-5-4-6-8-25)18-26(31)28-27-17-21-9-15-24(16-10-21)34-20(3)30/h4-17,19H,18H2,1-3H3,(H,28,31)/b27-17+. The molecule has 8 nitrogen and oxygen atoms in total. The van der Waals surface area contributed by atoms with E-state index < -0.39 is 28.4 Å². The summed E-state index contributed by atoms with van der Waals surface area (Å²) in [6.45, 7) is 4.94. The van der Waals surface area contributed by atoms with Crippen LogP contribution in [0.3, 0.4) is 0 Å². The Bertz CT molecular complexity index is 1290. The summed E-state index contributed by atoms with van der Waals surface area (Å²) in [6, 6.07) is 21.6. The molecule has 0 saturated heterocycles. The number of rotatable bonds is 9. The number of hydrogen-bond acceptors (Lipinski definition) is 6. The maximum Gasteiger partial charge on any atom is 0.308 e. The summed E-state index contributed by atoms with van der Waals surface area (Å²) in [5, 5.41) is 3.92. The van der Waals surface area contributed by atoms with E-state index in [2.05, 4.69) is 10.5 Å². The Hall–Kier alpha value is -3.98. The fourth-order valence-corrected chi connectivity index (χ4v) is 4.63. The van der Waals surface area contributed by atoms with Crippen molar-refractivity contribution in [2.45, 2.75) is 31.6 Å². The minimum absolute atomic E-state index is 0.0807. The molecule has 0 fully saturated rings. The van der Waals surface area contributed by atoms with Crippen molar-refractivity contribution >= 4 is 33.8 Å². The van der Waals surface area contributed by atoms with Crippen molar-refractivity contribution in [3.05, 3.63) is 90.0 Å². The average molecular weight is 494 g/mol. The highest BCUT2D eigenvalue weighted by Crippen LogP contribution is 2.25. The number of sulfonamides is 1. The van der Waals surface area contributed by atoms with Crippen LogP contribution in [0.4, 0.5) is 5.69 Å². The van der Waals surface area contributed by atoms with Crippen molar-refractivity contribution in [1.82, 2.24) is 5.43 Å². The molecule has 1 N–H and O–H groups in total. The van der Waals surface area contributed by atoms with Gasteiger partial charge in [-0.25, -0.2) is 13.8 Å². The topological polar surface area (TPSA) is 105 Å². The molecule has 0 spiro atoms. The van der Waals surface area contributed by atoms with Crippen molar-refractivity contribution in [3.8, 4) is 5.75 Å². The first-order valence-electron chi connectivity index (χ1n) is 10.9. The van der Waals surface area contributed by atoms with Crippen molar-refractivity contribution < 1.29 is 22.7 Å². The summed E-state index contributed by atoms with van der Waals surface area (Å²) in [6.07, 6.45) is 1.41. The van der Waals surface area contributed by atoms with Crippen molar-refractivity contribution in [3.63, 3.8) is 0 Å². The lowest BCUT2D eigenvalue weighted by Gasteiger charge is -2.24. The van der Waals surface area contributed by atoms with Crippen molar-refractivity contribution in [2.75, 3.05) is 10.8 Å². The van der Waals surface area contributed by atoms with Crippen LogP contribution in [0, 0.1) is 0 Å². The van der Waals surface area contributed by atoms with Gasteiger partial charge in [0.2, 0.25) is 0 Å². The van der Waals surface area contributed by atoms with E-state index in [1.54, 1.807) is 54.6 Å². The fourth-order valence-electron chi connectivity index (χ4n) is 3.19. The molecule has 0 bridgehead atoms. The Morgan fingerprint density at radius 2 is 1.60 bits per heavy atom. The highest BCUT2D eigenvalue weighted by Gasteiger charge is 2.27. The smallest absolute Gasteiger partial charge is 0.308 e. The summed E-state index contributed by atoms with van der Waals surface area (Å²) < 4.78 is 32.8. The van der Waals surface area contributed by atoms with Gasteiger partial charge in [0, 0.05) is 6.92 Å². The predicted octanol–water partition coefficient (Wildman–Crippen LogP) is 4.08. The number of hydrazone groups is 1. The third-order valence-electron chi connectivity index (χ3n) is 5.01. The van der Waals surface area contributed by atoms with E-state index in [-0.39, 0.29) is 10.8 Å². The first-order chi connectivity index (χ1) is 16.7. The van der Waals surface area contributed by atoms with Gasteiger partial charge in [-0.15, -0.1) is 0 Å². The van der Waals surface area contributed by atoms with E-state index >= 15 is 0 Å². The summed E-state index contributed by atoms with van der Waals surface area (Å²) in [4.78, 5) is 23.7. The van der Waals surface area contributed by atoms with Gasteiger partial charge in [-0.1, -0.05) is 44.2 Å². The number of anilines is 1. The number of ether oxygens (including phenoxy) is 1. The van der Waals surface area contributed by atoms with Gasteiger partial charge < -0.3 is 4.74 Å². The molecule has 0 aliphatic rings. The first-order valence-corrected chi connectivity index (χ1v) is 12.4. The molecule has 1 amide bonds. The Morgan fingerprint density at radius 1 is 0.971 bits per heavy atom. The monoisotopic (exact) mass is 493 g/mol. The van der Waals surface area contributed by atoms with Crippen LogP contribution < -0.4 is 14.5 Å². The number of benzene rings is 3. The van der Waals surface area contributed by atoms with E-state index in [9.17, 15) is 18.0 Å². The minimum atomic E-state index is -4.00. The molecular weight excluding hydrogens is 466 g/mol. The molecule has 0 saturated carbocycles. The number of hydrogen-bond donors (Lipinski definition) is 1. The first kappa shape index (κ1) is 25.6. The highest BCUT2D eigenvalue weighted by atomic mass is 32.2. The minimum Gasteiger partial charge on any atom is -0.427 e. The van der Waals surface area contributed by atoms with E-state index in [0.29, 0.717) is 17.0 Å². The lowest BCUT2D eigenvalue weighted by molar-refractivity contribution is -0.131. The number of carbonyl (C=O) groups is 2. The zero-order valence-corrected chi connectivity index (χ0v) is 20.5. The molecule has 0 atom stereocenters. The van der Waals surface area contributed by atoms with E-state index in [1.165, 1.54) is 25.3 Å². The van der Waals surface area contributed by atoms with Crippen LogP contribution in [-0.2, 0) is 19.6 Å². The third-order valence-corrected chi connectivity index (χ3v) is 6.80. The lowest BCUT2D eigenvalue weighted by atomic mass is 10.0.